The van der Waals surface area contributed by atoms with Crippen molar-refractivity contribution in [2.45, 2.75) is 77.8 Å². The van der Waals surface area contributed by atoms with Crippen LogP contribution in [0.3, 0.4) is 0 Å². The molecular formula is C31H51BrK2O9S2. The minimum absolute atomic E-state index is 0. The number of benzene rings is 2. The Labute approximate surface area is 376 Å². The second kappa shape index (κ2) is 35.6. The summed E-state index contributed by atoms with van der Waals surface area (Å²) in [4.78, 5) is 13.4. The van der Waals surface area contributed by atoms with Crippen molar-refractivity contribution in [3.8, 4) is 11.5 Å². The van der Waals surface area contributed by atoms with Gasteiger partial charge in [-0.15, -0.1) is 24.4 Å². The summed E-state index contributed by atoms with van der Waals surface area (Å²) in [5.74, 6) is 2.63. The van der Waals surface area contributed by atoms with Gasteiger partial charge >= 0.3 is 103 Å². The van der Waals surface area contributed by atoms with Crippen molar-refractivity contribution in [1.29, 1.82) is 0 Å². The Morgan fingerprint density at radius 3 is 1.58 bits per heavy atom. The van der Waals surface area contributed by atoms with Crippen LogP contribution in [0.5, 0.6) is 11.5 Å². The van der Waals surface area contributed by atoms with Gasteiger partial charge in [0.05, 0.1) is 19.5 Å². The van der Waals surface area contributed by atoms with Crippen LogP contribution in [0.15, 0.2) is 34.1 Å². The van der Waals surface area contributed by atoms with Crippen LogP contribution in [0, 0.1) is 27.7 Å². The van der Waals surface area contributed by atoms with Crippen LogP contribution in [0.2, 0.25) is 0 Å². The molecule has 45 heavy (non-hydrogen) atoms. The van der Waals surface area contributed by atoms with E-state index in [1.807, 2.05) is 46.8 Å². The van der Waals surface area contributed by atoms with E-state index in [-0.39, 0.29) is 123 Å². The number of hydrogen-bond acceptors (Lipinski definition) is 11. The largest absolute Gasteiger partial charge is 1.00 e. The van der Waals surface area contributed by atoms with Crippen molar-refractivity contribution in [3.63, 3.8) is 0 Å². The van der Waals surface area contributed by atoms with E-state index in [0.717, 1.165) is 27.5 Å². The number of thioether (sulfide) groups is 1. The summed E-state index contributed by atoms with van der Waals surface area (Å²) in [6.07, 6.45) is -0.215. The molecular weight excluding hydrogens is 739 g/mol. The van der Waals surface area contributed by atoms with E-state index < -0.39 is 0 Å². The first-order valence-electron chi connectivity index (χ1n) is 13.9. The van der Waals surface area contributed by atoms with E-state index in [1.54, 1.807) is 26.0 Å². The molecule has 0 bridgehead atoms. The summed E-state index contributed by atoms with van der Waals surface area (Å²) in [5.41, 5.74) is 4.84. The second-order valence-corrected chi connectivity index (χ2v) is 10.8. The number of carbonyl (C=O) groups excluding carboxylic acids is 1. The summed E-state index contributed by atoms with van der Waals surface area (Å²) >= 11 is 9.24. The first kappa shape index (κ1) is 53.6. The molecule has 0 amide bonds. The molecule has 2 rings (SSSR count). The molecule has 0 aliphatic heterocycles. The molecule has 9 nitrogen and oxygen atoms in total. The summed E-state index contributed by atoms with van der Waals surface area (Å²) < 4.78 is 32.0. The molecule has 0 atom stereocenters. The first-order valence-corrected chi connectivity index (χ1v) is 16.5. The molecule has 2 aromatic carbocycles. The number of alkyl halides is 1. The van der Waals surface area contributed by atoms with Crippen LogP contribution in [0.4, 0.5) is 0 Å². The third-order valence-electron chi connectivity index (χ3n) is 5.60. The fraction of sp³-hybridized carbons (Fsp3) is 0.581. The van der Waals surface area contributed by atoms with Gasteiger partial charge in [-0.25, -0.2) is 0 Å². The topological polar surface area (TPSA) is 105 Å². The smallest absolute Gasteiger partial charge is 1.00 e. The van der Waals surface area contributed by atoms with Crippen molar-refractivity contribution < 1.29 is 148 Å². The minimum Gasteiger partial charge on any atom is -1.00 e. The Balaban J connectivity index is -0.000000178. The van der Waals surface area contributed by atoms with Crippen LogP contribution in [0.25, 0.3) is 0 Å². The summed E-state index contributed by atoms with van der Waals surface area (Å²) in [7, 11) is 3.38. The Hall–Kier alpha value is 1.76. The molecule has 0 saturated carbocycles. The number of hydrogen-bond donors (Lipinski definition) is 1. The van der Waals surface area contributed by atoms with Crippen LogP contribution in [-0.4, -0.2) is 70.8 Å². The van der Waals surface area contributed by atoms with E-state index in [4.69, 9.17) is 38.5 Å². The zero-order chi connectivity index (χ0) is 33.2. The summed E-state index contributed by atoms with van der Waals surface area (Å²) in [6.45, 7) is 18.7. The molecule has 0 aliphatic carbocycles. The molecule has 0 fully saturated rings. The predicted octanol–water partition coefficient (Wildman–Crippen LogP) is 0.740. The number of carbonyl (C=O) groups is 1. The van der Waals surface area contributed by atoms with E-state index in [9.17, 15) is 0 Å². The molecule has 0 saturated heterocycles. The van der Waals surface area contributed by atoms with Gasteiger partial charge in [0.15, 0.2) is 12.6 Å². The first-order chi connectivity index (χ1) is 20.5. The van der Waals surface area contributed by atoms with Gasteiger partial charge in [0.1, 0.15) is 11.5 Å². The molecule has 0 aliphatic rings. The molecule has 0 aromatic heterocycles. The molecule has 14 heteroatoms. The molecule has 0 heterocycles. The number of thiol groups is 1. The maximum absolute atomic E-state index is 8.64. The van der Waals surface area contributed by atoms with E-state index in [2.05, 4.69) is 66.4 Å². The van der Waals surface area contributed by atoms with Gasteiger partial charge in [-0.1, -0.05) is 15.9 Å². The molecule has 0 unspecified atom stereocenters. The second-order valence-electron chi connectivity index (χ2n) is 8.50. The van der Waals surface area contributed by atoms with Gasteiger partial charge in [0.25, 0.3) is 6.47 Å². The Morgan fingerprint density at radius 2 is 1.20 bits per heavy atom. The summed E-state index contributed by atoms with van der Waals surface area (Å²) in [6, 6.07) is 8.20. The number of ether oxygens (including phenoxy) is 6. The Bertz CT molecular complexity index is 1000. The van der Waals surface area contributed by atoms with Gasteiger partial charge in [-0.05, 0) is 102 Å². The van der Waals surface area contributed by atoms with E-state index >= 15 is 0 Å². The SMILES string of the molecule is CCOC(CBr)OCC.CCOC(CSc1cc(C)c(C)c(OC)c1)OCC.COc1cc(S)cc(C)c1C.O=CO[O-].[H-].[K+].[K+]. The zero-order valence-electron chi connectivity index (χ0n) is 30.2. The van der Waals surface area contributed by atoms with Crippen molar-refractivity contribution in [1.82, 2.24) is 0 Å². The average molecular weight is 790 g/mol. The third kappa shape index (κ3) is 26.3. The molecule has 2 aromatic rings. The maximum atomic E-state index is 8.64. The van der Waals surface area contributed by atoms with Gasteiger partial charge in [0.2, 0.25) is 0 Å². The fourth-order valence-electron chi connectivity index (χ4n) is 3.30. The van der Waals surface area contributed by atoms with Crippen molar-refractivity contribution >= 4 is 46.8 Å². The zero-order valence-corrected chi connectivity index (χ0v) is 38.7. The average Bonchev–Trinajstić information content (AvgIpc) is 3.00. The van der Waals surface area contributed by atoms with Crippen LogP contribution >= 0.6 is 40.3 Å². The monoisotopic (exact) mass is 788 g/mol. The van der Waals surface area contributed by atoms with Gasteiger partial charge in [-0.2, -0.15) is 0 Å². The van der Waals surface area contributed by atoms with Gasteiger partial charge < -0.3 is 40.0 Å². The van der Waals surface area contributed by atoms with Gasteiger partial charge in [-0.3, -0.25) is 4.79 Å². The standard InChI is InChI=1S/C15H24O3S.C9H12OS.C6H13BrO2.CH2O3.2K.H/c1-6-17-15(18-7-2)10-19-13-8-11(3)12(4)14(9-13)16-5;1-6-4-8(11)5-9(10-3)7(6)2;1-3-8-6(5-7)9-4-2;2-1-4-3;;;/h8-9,15H,6-7,10H2,1-5H3;4-5,11H,1-3H3;6H,3-5H2,1-2H3;1,3H;;;/q;;;;2*+1;-1/p-1. The Morgan fingerprint density at radius 1 is 0.800 bits per heavy atom. The molecule has 0 radical (unpaired) electrons. The normalized spacial score (nSPS) is 9.67. The molecule has 0 spiro atoms. The van der Waals surface area contributed by atoms with Crippen LogP contribution < -0.4 is 118 Å². The number of aryl methyl sites for hydroxylation is 2. The number of rotatable bonds is 15. The van der Waals surface area contributed by atoms with E-state index in [1.165, 1.54) is 27.1 Å². The van der Waals surface area contributed by atoms with Crippen molar-refractivity contribution in [2.75, 3.05) is 51.7 Å². The van der Waals surface area contributed by atoms with Crippen molar-refractivity contribution in [2.24, 2.45) is 0 Å². The predicted molar refractivity (Wildman–Crippen MR) is 179 cm³/mol. The maximum Gasteiger partial charge on any atom is 1.00 e. The quantitative estimate of drug-likeness (QED) is 0.0407. The minimum atomic E-state index is -0.181. The van der Waals surface area contributed by atoms with Gasteiger partial charge in [0, 0.05) is 42.0 Å². The molecule has 0 N–H and O–H groups in total. The fourth-order valence-corrected chi connectivity index (χ4v) is 4.96. The van der Waals surface area contributed by atoms with E-state index in [0.29, 0.717) is 26.4 Å². The third-order valence-corrected chi connectivity index (χ3v) is 7.39. The number of halogens is 1. The number of methoxy groups -OCH3 is 2. The Kier molecular flexibility index (Phi) is 42.3. The van der Waals surface area contributed by atoms with Crippen LogP contribution in [0.1, 0.15) is 51.4 Å². The molecule has 250 valence electrons. The van der Waals surface area contributed by atoms with Crippen molar-refractivity contribution in [3.05, 3.63) is 46.5 Å². The summed E-state index contributed by atoms with van der Waals surface area (Å²) in [5, 5.41) is 9.18. The van der Waals surface area contributed by atoms with Crippen LogP contribution in [-0.2, 0) is 28.6 Å².